The van der Waals surface area contributed by atoms with Gasteiger partial charge >= 0.3 is 0 Å². The van der Waals surface area contributed by atoms with Gasteiger partial charge in [0, 0.05) is 36.5 Å². The van der Waals surface area contributed by atoms with Gasteiger partial charge in [0.2, 0.25) is 0 Å². The molecule has 0 radical (unpaired) electrons. The van der Waals surface area contributed by atoms with Crippen LogP contribution in [0.2, 0.25) is 0 Å². The first-order valence-electron chi connectivity index (χ1n) is 6.23. The first kappa shape index (κ1) is 16.3. The molecule has 6 nitrogen and oxygen atoms in total. The van der Waals surface area contributed by atoms with Crippen molar-refractivity contribution >= 4 is 11.8 Å². The van der Waals surface area contributed by atoms with Gasteiger partial charge < -0.3 is 16.0 Å². The summed E-state index contributed by atoms with van der Waals surface area (Å²) in [6.45, 7) is -0.589. The van der Waals surface area contributed by atoms with E-state index in [1.807, 2.05) is 0 Å². The van der Waals surface area contributed by atoms with Crippen molar-refractivity contribution in [3.63, 3.8) is 0 Å². The van der Waals surface area contributed by atoms with Gasteiger partial charge in [0.15, 0.2) is 5.43 Å². The van der Waals surface area contributed by atoms with Crippen molar-refractivity contribution in [1.29, 1.82) is 0 Å². The number of amides is 2. The van der Waals surface area contributed by atoms with E-state index in [2.05, 4.69) is 10.3 Å². The minimum atomic E-state index is -1.17. The number of carbonyl (C=O) groups excluding carboxylic acids is 2. The average Bonchev–Trinajstić information content (AvgIpc) is 2.45. The number of aromatic nitrogens is 1. The molecule has 120 valence electrons. The highest BCUT2D eigenvalue weighted by Crippen LogP contribution is 2.14. The number of rotatable bonds is 4. The van der Waals surface area contributed by atoms with Crippen LogP contribution >= 0.6 is 0 Å². The minimum Gasteiger partial charge on any atom is -0.364 e. The fraction of sp³-hybridized carbons (Fsp3) is 0.0714. The highest BCUT2D eigenvalue weighted by Gasteiger charge is 2.15. The molecule has 0 saturated heterocycles. The quantitative estimate of drug-likeness (QED) is 0.775. The van der Waals surface area contributed by atoms with Gasteiger partial charge in [-0.1, -0.05) is 0 Å². The molecule has 9 heteroatoms. The number of H-pyrrole nitrogens is 1. The maximum Gasteiger partial charge on any atom is 0.265 e. The number of nitrogens with one attached hydrogen (secondary N) is 2. The molecule has 0 aliphatic heterocycles. The summed E-state index contributed by atoms with van der Waals surface area (Å²) in [5.74, 6) is -5.23. The van der Waals surface area contributed by atoms with Gasteiger partial charge in [0.25, 0.3) is 11.8 Å². The zero-order valence-corrected chi connectivity index (χ0v) is 11.5. The van der Waals surface area contributed by atoms with E-state index in [1.165, 1.54) is 0 Å². The molecular weight excluding hydrogens is 315 g/mol. The van der Waals surface area contributed by atoms with Crippen molar-refractivity contribution < 1.29 is 22.8 Å². The Hall–Kier alpha value is -3.10. The Labute approximate surface area is 127 Å². The largest absolute Gasteiger partial charge is 0.364 e. The summed E-state index contributed by atoms with van der Waals surface area (Å²) in [5, 5.41) is 2.13. The van der Waals surface area contributed by atoms with Gasteiger partial charge in [0.05, 0.1) is 0 Å². The van der Waals surface area contributed by atoms with Crippen LogP contribution in [0.25, 0.3) is 0 Å². The predicted molar refractivity (Wildman–Crippen MR) is 73.1 cm³/mol. The predicted octanol–water partition coefficient (Wildman–Crippen LogP) is 0.821. The molecule has 2 aromatic rings. The Balaban J connectivity index is 2.18. The molecule has 2 amide bonds. The van der Waals surface area contributed by atoms with Gasteiger partial charge in [0.1, 0.15) is 28.7 Å². The molecular formula is C14H10F3N3O3. The standard InChI is InChI=1S/C14H10F3N3O3/c15-6-1-9(16)7(10(17)2-6)4-20-14(23)8-5-19-11(13(18)22)3-12(8)21/h1-3,5H,4H2,(H2,18,22)(H,19,21)(H,20,23). The molecule has 0 unspecified atom stereocenters. The lowest BCUT2D eigenvalue weighted by Crippen LogP contribution is -2.30. The molecule has 1 aromatic heterocycles. The van der Waals surface area contributed by atoms with E-state index < -0.39 is 46.8 Å². The fourth-order valence-electron chi connectivity index (χ4n) is 1.80. The SMILES string of the molecule is NC(=O)c1cc(=O)c(C(=O)NCc2c(F)cc(F)cc2F)c[nH]1. The van der Waals surface area contributed by atoms with E-state index in [4.69, 9.17) is 5.73 Å². The Morgan fingerprint density at radius 3 is 2.26 bits per heavy atom. The Morgan fingerprint density at radius 1 is 1.13 bits per heavy atom. The summed E-state index contributed by atoms with van der Waals surface area (Å²) in [5.41, 5.74) is 3.05. The molecule has 0 aliphatic carbocycles. The fourth-order valence-corrected chi connectivity index (χ4v) is 1.80. The lowest BCUT2D eigenvalue weighted by molar-refractivity contribution is 0.0945. The van der Waals surface area contributed by atoms with Gasteiger partial charge in [-0.3, -0.25) is 14.4 Å². The molecule has 23 heavy (non-hydrogen) atoms. The monoisotopic (exact) mass is 325 g/mol. The minimum absolute atomic E-state index is 0.192. The maximum atomic E-state index is 13.4. The number of benzene rings is 1. The smallest absolute Gasteiger partial charge is 0.265 e. The van der Waals surface area contributed by atoms with Crippen LogP contribution in [0.3, 0.4) is 0 Å². The summed E-state index contributed by atoms with van der Waals surface area (Å²) in [6, 6.07) is 1.77. The van der Waals surface area contributed by atoms with Crippen molar-refractivity contribution in [3.05, 3.63) is 68.9 Å². The van der Waals surface area contributed by atoms with Crippen molar-refractivity contribution in [2.24, 2.45) is 5.73 Å². The Kier molecular flexibility index (Phi) is 4.49. The van der Waals surface area contributed by atoms with Crippen molar-refractivity contribution in [3.8, 4) is 0 Å². The van der Waals surface area contributed by atoms with Crippen molar-refractivity contribution in [2.45, 2.75) is 6.54 Å². The van der Waals surface area contributed by atoms with Crippen LogP contribution in [-0.2, 0) is 6.54 Å². The molecule has 0 spiro atoms. The molecule has 0 aliphatic rings. The third-order valence-corrected chi connectivity index (χ3v) is 2.95. The summed E-state index contributed by atoms with van der Waals surface area (Å²) in [7, 11) is 0. The third kappa shape index (κ3) is 3.57. The Bertz CT molecular complexity index is 826. The molecule has 0 atom stereocenters. The molecule has 1 aromatic carbocycles. The first-order chi connectivity index (χ1) is 10.8. The van der Waals surface area contributed by atoms with Crippen LogP contribution in [0, 0.1) is 17.5 Å². The second-order valence-electron chi connectivity index (χ2n) is 4.52. The molecule has 0 bridgehead atoms. The van der Waals surface area contributed by atoms with Crippen LogP contribution in [0.15, 0.2) is 29.2 Å². The van der Waals surface area contributed by atoms with Crippen LogP contribution < -0.4 is 16.5 Å². The third-order valence-electron chi connectivity index (χ3n) is 2.95. The summed E-state index contributed by atoms with van der Waals surface area (Å²) >= 11 is 0. The van der Waals surface area contributed by atoms with Gasteiger partial charge in [-0.2, -0.15) is 0 Å². The van der Waals surface area contributed by atoms with Gasteiger partial charge in [-0.05, 0) is 0 Å². The lowest BCUT2D eigenvalue weighted by Gasteiger charge is -2.07. The topological polar surface area (TPSA) is 105 Å². The highest BCUT2D eigenvalue weighted by molar-refractivity contribution is 5.95. The van der Waals surface area contributed by atoms with Crippen LogP contribution in [0.5, 0.6) is 0 Å². The van der Waals surface area contributed by atoms with E-state index in [-0.39, 0.29) is 11.3 Å². The number of hydrogen-bond donors (Lipinski definition) is 3. The molecule has 4 N–H and O–H groups in total. The maximum absolute atomic E-state index is 13.4. The van der Waals surface area contributed by atoms with Crippen molar-refractivity contribution in [1.82, 2.24) is 10.3 Å². The first-order valence-corrected chi connectivity index (χ1v) is 6.23. The van der Waals surface area contributed by atoms with Crippen LogP contribution in [0.1, 0.15) is 26.4 Å². The second-order valence-corrected chi connectivity index (χ2v) is 4.52. The number of halogens is 3. The molecule has 0 saturated carbocycles. The number of carbonyl (C=O) groups is 2. The summed E-state index contributed by atoms with van der Waals surface area (Å²) < 4.78 is 39.6. The number of primary amides is 1. The van der Waals surface area contributed by atoms with Crippen LogP contribution in [0.4, 0.5) is 13.2 Å². The zero-order chi connectivity index (χ0) is 17.1. The number of hydrogen-bond acceptors (Lipinski definition) is 3. The lowest BCUT2D eigenvalue weighted by atomic mass is 10.1. The summed E-state index contributed by atoms with van der Waals surface area (Å²) in [4.78, 5) is 36.8. The molecule has 0 fully saturated rings. The summed E-state index contributed by atoms with van der Waals surface area (Å²) in [6.07, 6.45) is 0.954. The number of nitrogens with two attached hydrogens (primary N) is 1. The molecule has 1 heterocycles. The van der Waals surface area contributed by atoms with E-state index in [1.54, 1.807) is 0 Å². The van der Waals surface area contributed by atoms with Crippen molar-refractivity contribution in [2.75, 3.05) is 0 Å². The normalized spacial score (nSPS) is 10.4. The van der Waals surface area contributed by atoms with E-state index >= 15 is 0 Å². The Morgan fingerprint density at radius 2 is 1.74 bits per heavy atom. The average molecular weight is 325 g/mol. The van der Waals surface area contributed by atoms with E-state index in [0.29, 0.717) is 12.1 Å². The van der Waals surface area contributed by atoms with Gasteiger partial charge in [-0.15, -0.1) is 0 Å². The highest BCUT2D eigenvalue weighted by atomic mass is 19.1. The zero-order valence-electron chi connectivity index (χ0n) is 11.5. The second kappa shape index (κ2) is 6.34. The van der Waals surface area contributed by atoms with Gasteiger partial charge in [-0.25, -0.2) is 13.2 Å². The number of pyridine rings is 1. The van der Waals surface area contributed by atoms with Crippen LogP contribution in [-0.4, -0.2) is 16.8 Å². The van der Waals surface area contributed by atoms with E-state index in [0.717, 1.165) is 12.3 Å². The number of aromatic amines is 1. The molecule has 2 rings (SSSR count). The van der Waals surface area contributed by atoms with E-state index in [9.17, 15) is 27.6 Å².